The fourth-order valence-electron chi connectivity index (χ4n) is 2.39. The number of hydrogen-bond donors (Lipinski definition) is 1. The Bertz CT molecular complexity index is 568. The number of hydrogen-bond acceptors (Lipinski definition) is 5. The van der Waals surface area contributed by atoms with E-state index < -0.39 is 0 Å². The van der Waals surface area contributed by atoms with Crippen LogP contribution in [0.5, 0.6) is 0 Å². The number of aliphatic hydroxyl groups excluding tert-OH is 1. The first kappa shape index (κ1) is 13.9. The molecule has 0 amide bonds. The van der Waals surface area contributed by atoms with Gasteiger partial charge in [-0.15, -0.1) is 11.3 Å². The summed E-state index contributed by atoms with van der Waals surface area (Å²) in [4.78, 5) is 9.07. The Morgan fingerprint density at radius 3 is 2.55 bits per heavy atom. The molecule has 2 heterocycles. The van der Waals surface area contributed by atoms with E-state index in [2.05, 4.69) is 42.8 Å². The van der Waals surface area contributed by atoms with Gasteiger partial charge in [0.1, 0.15) is 0 Å². The standard InChI is InChI=1S/C14H16BrN3OS/c15-13-9-12(2-1-11(13)10-19)17-4-6-18(7-5-17)14-16-3-8-20-14/h1-3,8-9,19H,4-7,10H2. The lowest BCUT2D eigenvalue weighted by atomic mass is 10.2. The Morgan fingerprint density at radius 2 is 1.95 bits per heavy atom. The molecule has 0 atom stereocenters. The van der Waals surface area contributed by atoms with Crippen LogP contribution in [-0.4, -0.2) is 36.3 Å². The minimum absolute atomic E-state index is 0.0681. The Labute approximate surface area is 130 Å². The van der Waals surface area contributed by atoms with E-state index in [9.17, 15) is 5.11 Å². The molecule has 1 aliphatic rings. The highest BCUT2D eigenvalue weighted by molar-refractivity contribution is 9.10. The fourth-order valence-corrected chi connectivity index (χ4v) is 3.58. The first-order chi connectivity index (χ1) is 9.78. The van der Waals surface area contributed by atoms with Crippen molar-refractivity contribution in [1.29, 1.82) is 0 Å². The van der Waals surface area contributed by atoms with Crippen molar-refractivity contribution in [2.75, 3.05) is 36.0 Å². The third-order valence-corrected chi connectivity index (χ3v) is 5.11. The second-order valence-corrected chi connectivity index (χ2v) is 6.45. The van der Waals surface area contributed by atoms with Crippen LogP contribution in [0.3, 0.4) is 0 Å². The predicted molar refractivity (Wildman–Crippen MR) is 86.6 cm³/mol. The van der Waals surface area contributed by atoms with Gasteiger partial charge >= 0.3 is 0 Å². The molecule has 0 unspecified atom stereocenters. The van der Waals surface area contributed by atoms with Gasteiger partial charge in [-0.2, -0.15) is 0 Å². The molecule has 106 valence electrons. The summed E-state index contributed by atoms with van der Waals surface area (Å²) in [5, 5.41) is 12.3. The topological polar surface area (TPSA) is 39.6 Å². The molecule has 0 spiro atoms. The van der Waals surface area contributed by atoms with Crippen molar-refractivity contribution in [2.45, 2.75) is 6.61 Å². The Balaban J connectivity index is 1.67. The van der Waals surface area contributed by atoms with Gasteiger partial charge in [0.25, 0.3) is 0 Å². The number of nitrogens with zero attached hydrogens (tertiary/aromatic N) is 3. The SMILES string of the molecule is OCc1ccc(N2CCN(c3nccs3)CC2)cc1Br. The molecule has 1 aromatic heterocycles. The molecule has 1 fully saturated rings. The van der Waals surface area contributed by atoms with Crippen molar-refractivity contribution in [3.63, 3.8) is 0 Å². The largest absolute Gasteiger partial charge is 0.392 e. The monoisotopic (exact) mass is 353 g/mol. The summed E-state index contributed by atoms with van der Waals surface area (Å²) >= 11 is 5.21. The molecule has 0 saturated carbocycles. The molecule has 0 aliphatic carbocycles. The summed E-state index contributed by atoms with van der Waals surface area (Å²) in [7, 11) is 0. The Morgan fingerprint density at radius 1 is 1.20 bits per heavy atom. The summed E-state index contributed by atoms with van der Waals surface area (Å²) in [5.41, 5.74) is 2.13. The molecule has 20 heavy (non-hydrogen) atoms. The van der Waals surface area contributed by atoms with E-state index in [0.29, 0.717) is 0 Å². The van der Waals surface area contributed by atoms with Gasteiger partial charge in [0, 0.05) is 47.9 Å². The number of thiazole rings is 1. The Kier molecular flexibility index (Phi) is 4.24. The number of piperazine rings is 1. The van der Waals surface area contributed by atoms with Crippen molar-refractivity contribution >= 4 is 38.1 Å². The van der Waals surface area contributed by atoms with Crippen molar-refractivity contribution < 1.29 is 5.11 Å². The molecule has 1 aliphatic heterocycles. The van der Waals surface area contributed by atoms with Crippen LogP contribution in [-0.2, 0) is 6.61 Å². The minimum atomic E-state index is 0.0681. The molecule has 0 radical (unpaired) electrons. The van der Waals surface area contributed by atoms with Crippen LogP contribution < -0.4 is 9.80 Å². The zero-order valence-corrected chi connectivity index (χ0v) is 13.4. The minimum Gasteiger partial charge on any atom is -0.392 e. The van der Waals surface area contributed by atoms with Crippen LogP contribution in [0.25, 0.3) is 0 Å². The number of benzene rings is 1. The van der Waals surface area contributed by atoms with Crippen molar-refractivity contribution in [3.8, 4) is 0 Å². The summed E-state index contributed by atoms with van der Waals surface area (Å²) in [6, 6.07) is 6.15. The van der Waals surface area contributed by atoms with Gasteiger partial charge in [-0.1, -0.05) is 22.0 Å². The number of rotatable bonds is 3. The number of halogens is 1. The predicted octanol–water partition coefficient (Wildman–Crippen LogP) is 2.72. The summed E-state index contributed by atoms with van der Waals surface area (Å²) in [5.74, 6) is 0. The first-order valence-corrected chi connectivity index (χ1v) is 8.24. The van der Waals surface area contributed by atoms with Gasteiger partial charge in [0.2, 0.25) is 0 Å². The quantitative estimate of drug-likeness (QED) is 0.920. The van der Waals surface area contributed by atoms with Gasteiger partial charge in [0.15, 0.2) is 5.13 Å². The third-order valence-electron chi connectivity index (χ3n) is 3.54. The van der Waals surface area contributed by atoms with Crippen LogP contribution in [0.15, 0.2) is 34.2 Å². The van der Waals surface area contributed by atoms with Crippen LogP contribution in [0, 0.1) is 0 Å². The van der Waals surface area contributed by atoms with Gasteiger partial charge in [-0.25, -0.2) is 4.98 Å². The maximum atomic E-state index is 9.20. The lowest BCUT2D eigenvalue weighted by Crippen LogP contribution is -2.46. The van der Waals surface area contributed by atoms with E-state index in [0.717, 1.165) is 41.3 Å². The van der Waals surface area contributed by atoms with Crippen LogP contribution in [0.1, 0.15) is 5.56 Å². The van der Waals surface area contributed by atoms with Crippen molar-refractivity contribution in [1.82, 2.24) is 4.98 Å². The molecule has 0 bridgehead atoms. The van der Waals surface area contributed by atoms with Gasteiger partial charge in [-0.05, 0) is 17.7 Å². The van der Waals surface area contributed by atoms with E-state index in [4.69, 9.17) is 0 Å². The summed E-state index contributed by atoms with van der Waals surface area (Å²) < 4.78 is 0.972. The second kappa shape index (κ2) is 6.11. The van der Waals surface area contributed by atoms with Crippen molar-refractivity contribution in [2.24, 2.45) is 0 Å². The van der Waals surface area contributed by atoms with Gasteiger partial charge < -0.3 is 14.9 Å². The van der Waals surface area contributed by atoms with E-state index in [1.54, 1.807) is 11.3 Å². The molecular formula is C14H16BrN3OS. The normalized spacial score (nSPS) is 15.7. The van der Waals surface area contributed by atoms with Gasteiger partial charge in [-0.3, -0.25) is 0 Å². The summed E-state index contributed by atoms with van der Waals surface area (Å²) in [6.45, 7) is 4.04. The smallest absolute Gasteiger partial charge is 0.185 e. The first-order valence-electron chi connectivity index (χ1n) is 6.56. The number of anilines is 2. The highest BCUT2D eigenvalue weighted by atomic mass is 79.9. The molecule has 1 saturated heterocycles. The maximum absolute atomic E-state index is 9.20. The maximum Gasteiger partial charge on any atom is 0.185 e. The second-order valence-electron chi connectivity index (χ2n) is 4.72. The van der Waals surface area contributed by atoms with Crippen molar-refractivity contribution in [3.05, 3.63) is 39.8 Å². The molecule has 6 heteroatoms. The average Bonchev–Trinajstić information content (AvgIpc) is 3.01. The number of aliphatic hydroxyl groups is 1. The van der Waals surface area contributed by atoms with E-state index in [-0.39, 0.29) is 6.61 Å². The zero-order chi connectivity index (χ0) is 13.9. The average molecular weight is 354 g/mol. The molecule has 3 rings (SSSR count). The molecular weight excluding hydrogens is 338 g/mol. The molecule has 4 nitrogen and oxygen atoms in total. The lowest BCUT2D eigenvalue weighted by molar-refractivity contribution is 0.281. The van der Waals surface area contributed by atoms with E-state index >= 15 is 0 Å². The molecule has 2 aromatic rings. The van der Waals surface area contributed by atoms with E-state index in [1.165, 1.54) is 5.69 Å². The number of aromatic nitrogens is 1. The lowest BCUT2D eigenvalue weighted by Gasteiger charge is -2.36. The third kappa shape index (κ3) is 2.82. The Hall–Kier alpha value is -1.11. The highest BCUT2D eigenvalue weighted by Crippen LogP contribution is 2.26. The fraction of sp³-hybridized carbons (Fsp3) is 0.357. The summed E-state index contributed by atoms with van der Waals surface area (Å²) in [6.07, 6.45) is 1.86. The highest BCUT2D eigenvalue weighted by Gasteiger charge is 2.19. The van der Waals surface area contributed by atoms with Crippen LogP contribution in [0.4, 0.5) is 10.8 Å². The van der Waals surface area contributed by atoms with Crippen LogP contribution in [0.2, 0.25) is 0 Å². The zero-order valence-electron chi connectivity index (χ0n) is 11.0. The molecule has 1 aromatic carbocycles. The van der Waals surface area contributed by atoms with Gasteiger partial charge in [0.05, 0.1) is 6.61 Å². The molecule has 1 N–H and O–H groups in total. The van der Waals surface area contributed by atoms with Crippen LogP contribution >= 0.6 is 27.3 Å². The van der Waals surface area contributed by atoms with E-state index in [1.807, 2.05) is 17.6 Å².